The van der Waals surface area contributed by atoms with Gasteiger partial charge in [-0.3, -0.25) is 4.79 Å². The van der Waals surface area contributed by atoms with Gasteiger partial charge >= 0.3 is 5.97 Å². The smallest absolute Gasteiger partial charge is 0.311 e. The summed E-state index contributed by atoms with van der Waals surface area (Å²) in [4.78, 5) is 11.7. The molecule has 22 heavy (non-hydrogen) atoms. The molecule has 2 rings (SSSR count). The number of methoxy groups -OCH3 is 1. The fourth-order valence-corrected chi connectivity index (χ4v) is 2.89. The lowest BCUT2D eigenvalue weighted by molar-refractivity contribution is -0.138. The normalized spacial score (nSPS) is 12.0. The molecular formula is C17H16Cl2O3. The van der Waals surface area contributed by atoms with Crippen LogP contribution in [-0.4, -0.2) is 18.2 Å². The topological polar surface area (TPSA) is 46.5 Å². The van der Waals surface area contributed by atoms with Gasteiger partial charge in [-0.1, -0.05) is 35.3 Å². The van der Waals surface area contributed by atoms with Gasteiger partial charge in [0, 0.05) is 10.0 Å². The van der Waals surface area contributed by atoms with Crippen molar-refractivity contribution in [1.29, 1.82) is 0 Å². The molecule has 0 aromatic heterocycles. The Balaban J connectivity index is 2.36. The van der Waals surface area contributed by atoms with Crippen LogP contribution in [0.25, 0.3) is 0 Å². The first-order chi connectivity index (χ1) is 10.4. The van der Waals surface area contributed by atoms with E-state index >= 15 is 0 Å². The molecule has 0 amide bonds. The van der Waals surface area contributed by atoms with Crippen molar-refractivity contribution in [1.82, 2.24) is 0 Å². The van der Waals surface area contributed by atoms with Crippen LogP contribution in [0, 0.1) is 6.92 Å². The first kappa shape index (κ1) is 16.7. The van der Waals surface area contributed by atoms with Crippen molar-refractivity contribution in [2.24, 2.45) is 0 Å². The molecule has 0 bridgehead atoms. The van der Waals surface area contributed by atoms with Crippen molar-refractivity contribution < 1.29 is 14.6 Å². The number of carboxylic acid groups (broad SMARTS) is 1. The number of aliphatic carboxylic acids is 1. The minimum atomic E-state index is -0.890. The molecule has 0 heterocycles. The second kappa shape index (κ2) is 7.03. The maximum absolute atomic E-state index is 11.7. The standard InChI is InChI=1S/C17H16Cl2O3/c1-10-7-13(22-2)5-6-14(10)15(17(20)21)8-11-3-4-12(18)9-16(11)19/h3-7,9,15H,8H2,1-2H3,(H,20,21). The molecule has 0 radical (unpaired) electrons. The molecule has 116 valence electrons. The Morgan fingerprint density at radius 1 is 1.23 bits per heavy atom. The monoisotopic (exact) mass is 338 g/mol. The molecule has 0 fully saturated rings. The van der Waals surface area contributed by atoms with Crippen LogP contribution in [0.5, 0.6) is 5.75 Å². The summed E-state index contributed by atoms with van der Waals surface area (Å²) in [7, 11) is 1.58. The number of carbonyl (C=O) groups is 1. The zero-order valence-electron chi connectivity index (χ0n) is 12.3. The van der Waals surface area contributed by atoms with Gasteiger partial charge in [-0.15, -0.1) is 0 Å². The third kappa shape index (κ3) is 3.73. The van der Waals surface area contributed by atoms with Gasteiger partial charge < -0.3 is 9.84 Å². The number of hydrogen-bond donors (Lipinski definition) is 1. The first-order valence-electron chi connectivity index (χ1n) is 6.73. The van der Waals surface area contributed by atoms with Crippen LogP contribution in [0.1, 0.15) is 22.6 Å². The molecule has 0 aliphatic carbocycles. The predicted octanol–water partition coefficient (Wildman–Crippen LogP) is 4.72. The summed E-state index contributed by atoms with van der Waals surface area (Å²) in [5.41, 5.74) is 2.38. The Kier molecular flexibility index (Phi) is 5.33. The van der Waals surface area contributed by atoms with Gasteiger partial charge in [0.15, 0.2) is 0 Å². The van der Waals surface area contributed by atoms with Gasteiger partial charge in [-0.25, -0.2) is 0 Å². The average molecular weight is 339 g/mol. The number of aryl methyl sites for hydroxylation is 1. The van der Waals surface area contributed by atoms with Crippen molar-refractivity contribution in [3.63, 3.8) is 0 Å². The van der Waals surface area contributed by atoms with Crippen LogP contribution in [0.4, 0.5) is 0 Å². The van der Waals surface area contributed by atoms with Crippen molar-refractivity contribution in [2.45, 2.75) is 19.3 Å². The number of ether oxygens (including phenoxy) is 1. The molecule has 5 heteroatoms. The van der Waals surface area contributed by atoms with E-state index in [-0.39, 0.29) is 0 Å². The van der Waals surface area contributed by atoms with Crippen LogP contribution < -0.4 is 4.74 Å². The Labute approximate surface area is 139 Å². The van der Waals surface area contributed by atoms with Crippen LogP contribution >= 0.6 is 23.2 Å². The van der Waals surface area contributed by atoms with Crippen LogP contribution in [0.3, 0.4) is 0 Å². The Bertz CT molecular complexity index is 698. The van der Waals surface area contributed by atoms with Crippen LogP contribution in [0.15, 0.2) is 36.4 Å². The van der Waals surface area contributed by atoms with Gasteiger partial charge in [-0.05, 0) is 54.3 Å². The highest BCUT2D eigenvalue weighted by Gasteiger charge is 2.23. The number of hydrogen-bond acceptors (Lipinski definition) is 2. The van der Waals surface area contributed by atoms with Gasteiger partial charge in [0.1, 0.15) is 5.75 Å². The average Bonchev–Trinajstić information content (AvgIpc) is 2.46. The van der Waals surface area contributed by atoms with Crippen LogP contribution in [0.2, 0.25) is 10.0 Å². The highest BCUT2D eigenvalue weighted by Crippen LogP contribution is 2.30. The minimum Gasteiger partial charge on any atom is -0.497 e. The molecule has 2 aromatic carbocycles. The van der Waals surface area contributed by atoms with Crippen LogP contribution in [-0.2, 0) is 11.2 Å². The van der Waals surface area contributed by atoms with E-state index in [1.807, 2.05) is 13.0 Å². The molecule has 0 aliphatic heterocycles. The van der Waals surface area contributed by atoms with E-state index in [1.165, 1.54) is 0 Å². The lowest BCUT2D eigenvalue weighted by Crippen LogP contribution is -2.16. The summed E-state index contributed by atoms with van der Waals surface area (Å²) in [5.74, 6) is -0.862. The molecule has 1 atom stereocenters. The minimum absolute atomic E-state index is 0.304. The predicted molar refractivity (Wildman–Crippen MR) is 88.3 cm³/mol. The van der Waals surface area contributed by atoms with Gasteiger partial charge in [0.2, 0.25) is 0 Å². The van der Waals surface area contributed by atoms with E-state index in [0.717, 1.165) is 16.7 Å². The second-order valence-corrected chi connectivity index (χ2v) is 5.90. The van der Waals surface area contributed by atoms with E-state index in [2.05, 4.69) is 0 Å². The zero-order chi connectivity index (χ0) is 16.3. The summed E-state index contributed by atoms with van der Waals surface area (Å²) in [6.07, 6.45) is 0.304. The lowest BCUT2D eigenvalue weighted by Gasteiger charge is -2.17. The number of rotatable bonds is 5. The molecule has 0 saturated heterocycles. The summed E-state index contributed by atoms with van der Waals surface area (Å²) >= 11 is 12.0. The van der Waals surface area contributed by atoms with E-state index in [9.17, 15) is 9.90 Å². The van der Waals surface area contributed by atoms with Crippen molar-refractivity contribution in [3.8, 4) is 5.75 Å². The first-order valence-corrected chi connectivity index (χ1v) is 7.49. The largest absolute Gasteiger partial charge is 0.497 e. The maximum Gasteiger partial charge on any atom is 0.311 e. The highest BCUT2D eigenvalue weighted by atomic mass is 35.5. The molecule has 1 N–H and O–H groups in total. The number of benzene rings is 2. The number of carboxylic acids is 1. The summed E-state index contributed by atoms with van der Waals surface area (Å²) in [6.45, 7) is 1.87. The van der Waals surface area contributed by atoms with Gasteiger partial charge in [0.25, 0.3) is 0 Å². The summed E-state index contributed by atoms with van der Waals surface area (Å²) in [5, 5.41) is 10.6. The fourth-order valence-electron chi connectivity index (χ4n) is 2.40. The quantitative estimate of drug-likeness (QED) is 0.857. The lowest BCUT2D eigenvalue weighted by atomic mass is 9.89. The Morgan fingerprint density at radius 2 is 1.95 bits per heavy atom. The summed E-state index contributed by atoms with van der Waals surface area (Å²) < 4.78 is 5.16. The SMILES string of the molecule is COc1ccc(C(Cc2ccc(Cl)cc2Cl)C(=O)O)c(C)c1. The third-order valence-corrected chi connectivity index (χ3v) is 4.18. The van der Waals surface area contributed by atoms with Gasteiger partial charge in [-0.2, -0.15) is 0 Å². The van der Waals surface area contributed by atoms with Crippen molar-refractivity contribution in [2.75, 3.05) is 7.11 Å². The molecule has 0 aliphatic rings. The molecular weight excluding hydrogens is 323 g/mol. The second-order valence-electron chi connectivity index (χ2n) is 5.05. The molecule has 0 saturated carbocycles. The Morgan fingerprint density at radius 3 is 2.50 bits per heavy atom. The van der Waals surface area contributed by atoms with Crippen molar-refractivity contribution in [3.05, 3.63) is 63.1 Å². The van der Waals surface area contributed by atoms with E-state index in [0.29, 0.717) is 22.2 Å². The Hall–Kier alpha value is -1.71. The third-order valence-electron chi connectivity index (χ3n) is 3.59. The molecule has 3 nitrogen and oxygen atoms in total. The maximum atomic E-state index is 11.7. The molecule has 2 aromatic rings. The van der Waals surface area contributed by atoms with E-state index in [4.69, 9.17) is 27.9 Å². The highest BCUT2D eigenvalue weighted by molar-refractivity contribution is 6.35. The number of halogens is 2. The van der Waals surface area contributed by atoms with Crippen molar-refractivity contribution >= 4 is 29.2 Å². The zero-order valence-corrected chi connectivity index (χ0v) is 13.8. The van der Waals surface area contributed by atoms with E-state index < -0.39 is 11.9 Å². The summed E-state index contributed by atoms with van der Waals surface area (Å²) in [6, 6.07) is 10.5. The van der Waals surface area contributed by atoms with E-state index in [1.54, 1.807) is 37.4 Å². The van der Waals surface area contributed by atoms with Gasteiger partial charge in [0.05, 0.1) is 13.0 Å². The molecule has 0 spiro atoms. The fraction of sp³-hybridized carbons (Fsp3) is 0.235. The molecule has 1 unspecified atom stereocenters.